The molecule has 100 valence electrons. The van der Waals surface area contributed by atoms with Crippen molar-refractivity contribution in [1.29, 1.82) is 0 Å². The van der Waals surface area contributed by atoms with Crippen LogP contribution in [-0.2, 0) is 0 Å². The van der Waals surface area contributed by atoms with Crippen molar-refractivity contribution in [2.75, 3.05) is 12.3 Å². The fraction of sp³-hybridized carbons (Fsp3) is 0.917. The molecule has 0 heterocycles. The number of carbonyl (C=O) groups is 1. The SMILES string of the molecule is CCS[C@H]1CC[C@@H](NC(=O)NCC(C)(C)O)C1. The predicted octanol–water partition coefficient (Wildman–Crippen LogP) is 1.73. The summed E-state index contributed by atoms with van der Waals surface area (Å²) in [5.74, 6) is 1.14. The summed E-state index contributed by atoms with van der Waals surface area (Å²) in [5, 5.41) is 15.8. The third kappa shape index (κ3) is 6.17. The van der Waals surface area contributed by atoms with Crippen LogP contribution < -0.4 is 10.6 Å². The summed E-state index contributed by atoms with van der Waals surface area (Å²) in [5.41, 5.74) is -0.854. The van der Waals surface area contributed by atoms with E-state index in [1.807, 2.05) is 11.8 Å². The number of aliphatic hydroxyl groups is 1. The summed E-state index contributed by atoms with van der Waals surface area (Å²) in [6, 6.07) is 0.125. The van der Waals surface area contributed by atoms with Crippen LogP contribution >= 0.6 is 11.8 Å². The van der Waals surface area contributed by atoms with Gasteiger partial charge in [-0.3, -0.25) is 0 Å². The van der Waals surface area contributed by atoms with Gasteiger partial charge >= 0.3 is 6.03 Å². The molecule has 2 amide bonds. The molecule has 1 aliphatic rings. The first-order valence-corrected chi connectivity index (χ1v) is 7.34. The smallest absolute Gasteiger partial charge is 0.315 e. The second-order valence-electron chi connectivity index (χ2n) is 5.23. The third-order valence-electron chi connectivity index (χ3n) is 2.80. The molecule has 0 unspecified atom stereocenters. The Morgan fingerprint density at radius 3 is 2.76 bits per heavy atom. The molecule has 2 atom stereocenters. The van der Waals surface area contributed by atoms with E-state index >= 15 is 0 Å². The number of hydrogen-bond acceptors (Lipinski definition) is 3. The molecule has 1 saturated carbocycles. The molecule has 1 aliphatic carbocycles. The zero-order chi connectivity index (χ0) is 12.9. The van der Waals surface area contributed by atoms with Crippen molar-refractivity contribution in [3.8, 4) is 0 Å². The summed E-state index contributed by atoms with van der Waals surface area (Å²) in [6.07, 6.45) is 3.32. The monoisotopic (exact) mass is 260 g/mol. The van der Waals surface area contributed by atoms with Crippen molar-refractivity contribution in [2.24, 2.45) is 0 Å². The highest BCUT2D eigenvalue weighted by molar-refractivity contribution is 7.99. The first-order valence-electron chi connectivity index (χ1n) is 6.29. The van der Waals surface area contributed by atoms with Crippen LogP contribution in [0.2, 0.25) is 0 Å². The Labute approximate surface area is 108 Å². The van der Waals surface area contributed by atoms with E-state index in [-0.39, 0.29) is 12.6 Å². The van der Waals surface area contributed by atoms with Gasteiger partial charge < -0.3 is 15.7 Å². The Hall–Kier alpha value is -0.420. The number of thioether (sulfide) groups is 1. The minimum atomic E-state index is -0.854. The molecule has 4 nitrogen and oxygen atoms in total. The van der Waals surface area contributed by atoms with E-state index in [0.29, 0.717) is 11.3 Å². The van der Waals surface area contributed by atoms with Gasteiger partial charge in [-0.05, 0) is 38.9 Å². The number of urea groups is 1. The third-order valence-corrected chi connectivity index (χ3v) is 4.04. The van der Waals surface area contributed by atoms with Crippen molar-refractivity contribution in [3.05, 3.63) is 0 Å². The molecular weight excluding hydrogens is 236 g/mol. The summed E-state index contributed by atoms with van der Waals surface area (Å²) >= 11 is 1.98. The highest BCUT2D eigenvalue weighted by Gasteiger charge is 2.26. The standard InChI is InChI=1S/C12H24N2O2S/c1-4-17-10-6-5-9(7-10)14-11(15)13-8-12(2,3)16/h9-10,16H,4-8H2,1-3H3,(H2,13,14,15)/t9-,10+/m1/s1. The predicted molar refractivity (Wildman–Crippen MR) is 72.4 cm³/mol. The van der Waals surface area contributed by atoms with Crippen molar-refractivity contribution in [1.82, 2.24) is 10.6 Å². The van der Waals surface area contributed by atoms with Gasteiger partial charge in [-0.2, -0.15) is 11.8 Å². The Morgan fingerprint density at radius 1 is 1.47 bits per heavy atom. The average Bonchev–Trinajstić information content (AvgIpc) is 2.62. The van der Waals surface area contributed by atoms with Crippen LogP contribution in [0.4, 0.5) is 4.79 Å². The number of amides is 2. The molecular formula is C12H24N2O2S. The minimum Gasteiger partial charge on any atom is -0.389 e. The zero-order valence-corrected chi connectivity index (χ0v) is 11.8. The number of hydrogen-bond donors (Lipinski definition) is 3. The van der Waals surface area contributed by atoms with Gasteiger partial charge in [0, 0.05) is 17.8 Å². The van der Waals surface area contributed by atoms with E-state index in [0.717, 1.165) is 18.6 Å². The van der Waals surface area contributed by atoms with Crippen molar-refractivity contribution >= 4 is 17.8 Å². The summed E-state index contributed by atoms with van der Waals surface area (Å²) in [4.78, 5) is 11.6. The van der Waals surface area contributed by atoms with E-state index in [1.165, 1.54) is 6.42 Å². The maximum absolute atomic E-state index is 11.6. The van der Waals surface area contributed by atoms with Crippen molar-refractivity contribution in [2.45, 2.75) is 56.9 Å². The molecule has 1 fully saturated rings. The van der Waals surface area contributed by atoms with E-state index in [9.17, 15) is 9.90 Å². The highest BCUT2D eigenvalue weighted by Crippen LogP contribution is 2.29. The Kier molecular flexibility index (Phi) is 5.59. The molecule has 0 bridgehead atoms. The van der Waals surface area contributed by atoms with Gasteiger partial charge in [0.05, 0.1) is 5.60 Å². The molecule has 0 aromatic carbocycles. The van der Waals surface area contributed by atoms with Gasteiger partial charge in [0.1, 0.15) is 0 Å². The lowest BCUT2D eigenvalue weighted by Crippen LogP contribution is -2.46. The van der Waals surface area contributed by atoms with E-state index in [1.54, 1.807) is 13.8 Å². The maximum atomic E-state index is 11.6. The molecule has 1 rings (SSSR count). The molecule has 0 aromatic rings. The van der Waals surface area contributed by atoms with Gasteiger partial charge in [-0.25, -0.2) is 4.79 Å². The summed E-state index contributed by atoms with van der Waals surface area (Å²) in [7, 11) is 0. The minimum absolute atomic E-state index is 0.167. The fourth-order valence-corrected chi connectivity index (χ4v) is 3.13. The largest absolute Gasteiger partial charge is 0.389 e. The molecule has 0 spiro atoms. The lowest BCUT2D eigenvalue weighted by Gasteiger charge is -2.19. The van der Waals surface area contributed by atoms with Crippen LogP contribution in [0.3, 0.4) is 0 Å². The average molecular weight is 260 g/mol. The normalized spacial score (nSPS) is 24.7. The van der Waals surface area contributed by atoms with E-state index in [4.69, 9.17) is 0 Å². The van der Waals surface area contributed by atoms with Crippen LogP contribution in [0.15, 0.2) is 0 Å². The molecule has 0 aromatic heterocycles. The Morgan fingerprint density at radius 2 is 2.18 bits per heavy atom. The summed E-state index contributed by atoms with van der Waals surface area (Å²) < 4.78 is 0. The Bertz CT molecular complexity index is 253. The molecule has 0 radical (unpaired) electrons. The zero-order valence-electron chi connectivity index (χ0n) is 11.0. The lowest BCUT2D eigenvalue weighted by atomic mass is 10.1. The molecule has 17 heavy (non-hydrogen) atoms. The summed E-state index contributed by atoms with van der Waals surface area (Å²) in [6.45, 7) is 5.80. The van der Waals surface area contributed by atoms with Crippen LogP contribution in [0.5, 0.6) is 0 Å². The lowest BCUT2D eigenvalue weighted by molar-refractivity contribution is 0.0817. The molecule has 0 saturated heterocycles. The number of carbonyl (C=O) groups excluding carboxylic acids is 1. The maximum Gasteiger partial charge on any atom is 0.315 e. The molecule has 5 heteroatoms. The van der Waals surface area contributed by atoms with Crippen LogP contribution in [0.1, 0.15) is 40.0 Å². The fourth-order valence-electron chi connectivity index (χ4n) is 1.99. The number of rotatable bonds is 5. The second-order valence-corrected chi connectivity index (χ2v) is 6.80. The van der Waals surface area contributed by atoms with E-state index < -0.39 is 5.60 Å². The topological polar surface area (TPSA) is 61.4 Å². The van der Waals surface area contributed by atoms with Gasteiger partial charge in [0.15, 0.2) is 0 Å². The van der Waals surface area contributed by atoms with Gasteiger partial charge in [-0.15, -0.1) is 0 Å². The van der Waals surface area contributed by atoms with Gasteiger partial charge in [0.25, 0.3) is 0 Å². The molecule has 3 N–H and O–H groups in total. The van der Waals surface area contributed by atoms with Crippen LogP contribution in [0.25, 0.3) is 0 Å². The van der Waals surface area contributed by atoms with Crippen LogP contribution in [0, 0.1) is 0 Å². The highest BCUT2D eigenvalue weighted by atomic mass is 32.2. The Balaban J connectivity index is 2.19. The first kappa shape index (κ1) is 14.6. The van der Waals surface area contributed by atoms with Crippen molar-refractivity contribution < 1.29 is 9.90 Å². The molecule has 0 aliphatic heterocycles. The quantitative estimate of drug-likeness (QED) is 0.705. The van der Waals surface area contributed by atoms with E-state index in [2.05, 4.69) is 17.6 Å². The van der Waals surface area contributed by atoms with Gasteiger partial charge in [0.2, 0.25) is 0 Å². The van der Waals surface area contributed by atoms with Crippen molar-refractivity contribution in [3.63, 3.8) is 0 Å². The first-order chi connectivity index (χ1) is 7.90. The second kappa shape index (κ2) is 6.50. The van der Waals surface area contributed by atoms with Gasteiger partial charge in [-0.1, -0.05) is 6.92 Å². The number of nitrogens with one attached hydrogen (secondary N) is 2. The van der Waals surface area contributed by atoms with Crippen LogP contribution in [-0.4, -0.2) is 40.3 Å².